The average molecular weight is 433 g/mol. The summed E-state index contributed by atoms with van der Waals surface area (Å²) < 4.78 is 21.2. The molecule has 0 atom stereocenters. The molecule has 0 radical (unpaired) electrons. The third-order valence-electron chi connectivity index (χ3n) is 6.06. The van der Waals surface area contributed by atoms with Crippen molar-refractivity contribution in [3.05, 3.63) is 76.2 Å². The molecule has 160 valence electrons. The maximum absolute atomic E-state index is 15.1. The van der Waals surface area contributed by atoms with E-state index in [0.717, 1.165) is 46.5 Å². The van der Waals surface area contributed by atoms with E-state index >= 15 is 4.39 Å². The normalized spacial score (nSPS) is 11.5. The number of aryl methyl sites for hydroxylation is 2. The Balaban J connectivity index is 1.72. The lowest BCUT2D eigenvalue weighted by Crippen LogP contribution is -1.93. The smallest absolute Gasteiger partial charge is 0.198 e. The van der Waals surface area contributed by atoms with Gasteiger partial charge in [-0.05, 0) is 71.6 Å². The van der Waals surface area contributed by atoms with Crippen molar-refractivity contribution in [1.82, 2.24) is 0 Å². The van der Waals surface area contributed by atoms with Gasteiger partial charge in [0.15, 0.2) is 16.1 Å². The second-order valence-electron chi connectivity index (χ2n) is 8.32. The quantitative estimate of drug-likeness (QED) is 0.156. The van der Waals surface area contributed by atoms with Crippen molar-refractivity contribution in [3.8, 4) is 11.1 Å². The summed E-state index contributed by atoms with van der Waals surface area (Å²) in [6.07, 6.45) is 7.56. The van der Waals surface area contributed by atoms with Crippen LogP contribution in [0.25, 0.3) is 32.9 Å². The molecule has 0 aliphatic carbocycles. The molecule has 0 N–H and O–H groups in total. The summed E-state index contributed by atoms with van der Waals surface area (Å²) in [5.41, 5.74) is 4.58. The maximum atomic E-state index is 15.1. The van der Waals surface area contributed by atoms with Gasteiger partial charge in [0, 0.05) is 10.8 Å². The van der Waals surface area contributed by atoms with Crippen LogP contribution in [0, 0.1) is 10.5 Å². The summed E-state index contributed by atoms with van der Waals surface area (Å²) >= 11 is 5.53. The molecular formula is C28H29FOS. The number of fused-ring (bicyclic) bond motifs is 3. The highest BCUT2D eigenvalue weighted by atomic mass is 32.1. The van der Waals surface area contributed by atoms with Gasteiger partial charge in [-0.15, -0.1) is 0 Å². The Labute approximate surface area is 188 Å². The molecule has 31 heavy (non-hydrogen) atoms. The van der Waals surface area contributed by atoms with Gasteiger partial charge < -0.3 is 4.42 Å². The van der Waals surface area contributed by atoms with Gasteiger partial charge in [-0.25, -0.2) is 4.39 Å². The van der Waals surface area contributed by atoms with Gasteiger partial charge in [0.1, 0.15) is 0 Å². The van der Waals surface area contributed by atoms with E-state index in [-0.39, 0.29) is 11.4 Å². The molecule has 0 aliphatic heterocycles. The molecule has 0 bridgehead atoms. The molecule has 0 unspecified atom stereocenters. The van der Waals surface area contributed by atoms with Gasteiger partial charge in [0.05, 0.1) is 0 Å². The summed E-state index contributed by atoms with van der Waals surface area (Å²) in [6.45, 7) is 4.33. The number of unbranched alkanes of at least 4 members (excludes halogenated alkanes) is 3. The Hall–Kier alpha value is -2.52. The molecule has 0 saturated heterocycles. The second kappa shape index (κ2) is 9.74. The van der Waals surface area contributed by atoms with Crippen molar-refractivity contribution in [1.29, 1.82) is 0 Å². The van der Waals surface area contributed by atoms with Gasteiger partial charge in [-0.2, -0.15) is 0 Å². The molecule has 3 heteroatoms. The van der Waals surface area contributed by atoms with E-state index in [1.165, 1.54) is 24.8 Å². The molecule has 0 fully saturated rings. The zero-order valence-corrected chi connectivity index (χ0v) is 19.2. The lowest BCUT2D eigenvalue weighted by Gasteiger charge is -2.10. The third kappa shape index (κ3) is 4.57. The highest BCUT2D eigenvalue weighted by molar-refractivity contribution is 7.71. The van der Waals surface area contributed by atoms with Gasteiger partial charge >= 0.3 is 0 Å². The van der Waals surface area contributed by atoms with Gasteiger partial charge in [0.25, 0.3) is 0 Å². The van der Waals surface area contributed by atoms with Crippen LogP contribution in [0.5, 0.6) is 0 Å². The second-order valence-corrected chi connectivity index (χ2v) is 8.69. The molecule has 0 spiro atoms. The van der Waals surface area contributed by atoms with Crippen molar-refractivity contribution in [3.63, 3.8) is 0 Å². The van der Waals surface area contributed by atoms with Crippen LogP contribution >= 0.6 is 12.2 Å². The molecule has 1 aromatic heterocycles. The van der Waals surface area contributed by atoms with Crippen molar-refractivity contribution in [2.24, 2.45) is 0 Å². The van der Waals surface area contributed by atoms with E-state index in [9.17, 15) is 0 Å². The molecule has 4 aromatic rings. The fraction of sp³-hybridized carbons (Fsp3) is 0.321. The zero-order valence-electron chi connectivity index (χ0n) is 18.3. The number of hydrogen-bond acceptors (Lipinski definition) is 2. The first-order valence-corrected chi connectivity index (χ1v) is 11.8. The number of halogens is 1. The Morgan fingerprint density at radius 1 is 0.742 bits per heavy atom. The Kier molecular flexibility index (Phi) is 6.82. The SMILES string of the molecule is CCCCCc1ccc(-c2ccc3c(c2)c(=S)oc2c(F)c(CCCC)ccc23)cc1. The van der Waals surface area contributed by atoms with Crippen molar-refractivity contribution >= 4 is 34.0 Å². The van der Waals surface area contributed by atoms with E-state index < -0.39 is 0 Å². The van der Waals surface area contributed by atoms with E-state index in [0.29, 0.717) is 16.7 Å². The predicted molar refractivity (Wildman–Crippen MR) is 132 cm³/mol. The van der Waals surface area contributed by atoms with Gasteiger partial charge in [0.2, 0.25) is 0 Å². The Morgan fingerprint density at radius 3 is 2.19 bits per heavy atom. The Morgan fingerprint density at radius 2 is 1.45 bits per heavy atom. The average Bonchev–Trinajstić information content (AvgIpc) is 2.80. The summed E-state index contributed by atoms with van der Waals surface area (Å²) in [6, 6.07) is 18.8. The fourth-order valence-corrected chi connectivity index (χ4v) is 4.44. The molecule has 0 aliphatic rings. The van der Waals surface area contributed by atoms with Crippen LogP contribution in [0.1, 0.15) is 57.1 Å². The summed E-state index contributed by atoms with van der Waals surface area (Å²) in [5, 5.41) is 2.57. The van der Waals surface area contributed by atoms with Gasteiger partial charge in [-0.1, -0.05) is 81.6 Å². The summed E-state index contributed by atoms with van der Waals surface area (Å²) in [7, 11) is 0. The lowest BCUT2D eigenvalue weighted by molar-refractivity contribution is 0.537. The standard InChI is InChI=1S/C28H29FOS/c1-3-5-7-8-19-10-12-20(13-11-19)22-15-16-23-24-17-14-21(9-6-4-2)26(29)27(24)30-28(31)25(23)18-22/h10-18H,3-9H2,1-2H3. The topological polar surface area (TPSA) is 13.1 Å². The highest BCUT2D eigenvalue weighted by Crippen LogP contribution is 2.33. The molecule has 1 heterocycles. The minimum absolute atomic E-state index is 0.273. The first kappa shape index (κ1) is 21.7. The predicted octanol–water partition coefficient (Wildman–Crippen LogP) is 9.20. The Bertz CT molecular complexity index is 1250. The number of rotatable bonds is 8. The fourth-order valence-electron chi connectivity index (χ4n) is 4.19. The highest BCUT2D eigenvalue weighted by Gasteiger charge is 2.14. The van der Waals surface area contributed by atoms with Crippen LogP contribution < -0.4 is 0 Å². The van der Waals surface area contributed by atoms with Crippen LogP contribution in [0.3, 0.4) is 0 Å². The van der Waals surface area contributed by atoms with Crippen molar-refractivity contribution in [2.75, 3.05) is 0 Å². The molecule has 0 amide bonds. The zero-order chi connectivity index (χ0) is 21.8. The first-order valence-electron chi connectivity index (χ1n) is 11.4. The van der Waals surface area contributed by atoms with E-state index in [1.54, 1.807) is 0 Å². The largest absolute Gasteiger partial charge is 0.441 e. The number of hydrogen-bond donors (Lipinski definition) is 0. The number of benzene rings is 3. The molecule has 0 saturated carbocycles. The molecule has 4 rings (SSSR count). The first-order chi connectivity index (χ1) is 15.1. The van der Waals surface area contributed by atoms with Crippen LogP contribution in [0.15, 0.2) is 59.0 Å². The lowest BCUT2D eigenvalue weighted by atomic mass is 9.98. The van der Waals surface area contributed by atoms with Crippen LogP contribution in [0.4, 0.5) is 4.39 Å². The molecule has 1 nitrogen and oxygen atoms in total. The van der Waals surface area contributed by atoms with E-state index in [2.05, 4.69) is 50.2 Å². The maximum Gasteiger partial charge on any atom is 0.198 e. The summed E-state index contributed by atoms with van der Waals surface area (Å²) in [4.78, 5) is 0. The minimum atomic E-state index is -0.276. The van der Waals surface area contributed by atoms with Crippen LogP contribution in [-0.2, 0) is 12.8 Å². The summed E-state index contributed by atoms with van der Waals surface area (Å²) in [5.74, 6) is -0.276. The van der Waals surface area contributed by atoms with E-state index in [1.807, 2.05) is 18.2 Å². The van der Waals surface area contributed by atoms with Crippen molar-refractivity contribution in [2.45, 2.75) is 58.8 Å². The van der Waals surface area contributed by atoms with Crippen LogP contribution in [-0.4, -0.2) is 0 Å². The minimum Gasteiger partial charge on any atom is -0.441 e. The van der Waals surface area contributed by atoms with Crippen LogP contribution in [0.2, 0.25) is 0 Å². The molecule has 3 aromatic carbocycles. The third-order valence-corrected chi connectivity index (χ3v) is 6.36. The van der Waals surface area contributed by atoms with Crippen molar-refractivity contribution < 1.29 is 8.81 Å². The monoisotopic (exact) mass is 432 g/mol. The van der Waals surface area contributed by atoms with E-state index in [4.69, 9.17) is 16.6 Å². The molecular weight excluding hydrogens is 403 g/mol. The van der Waals surface area contributed by atoms with Gasteiger partial charge in [-0.3, -0.25) is 0 Å².